The molecule has 3 aromatic carbocycles. The zero-order valence-corrected chi connectivity index (χ0v) is 23.8. The smallest absolute Gasteiger partial charge is 0.354 e. The molecule has 4 N–H and O–H groups in total. The van der Waals surface area contributed by atoms with Crippen LogP contribution in [-0.4, -0.2) is 23.9 Å². The summed E-state index contributed by atoms with van der Waals surface area (Å²) in [6.07, 6.45) is 0. The molecule has 3 rings (SSSR count). The molecular formula is C30H30Cl2N4O3. The number of carboxylic acid groups (broad SMARTS) is 1. The number of carbonyl (C=O) groups is 1. The number of ether oxygens (including phenoxy) is 1. The maximum atomic E-state index is 12.4. The average Bonchev–Trinajstić information content (AvgIpc) is 2.89. The lowest BCUT2D eigenvalue weighted by Gasteiger charge is -2.30. The van der Waals surface area contributed by atoms with Gasteiger partial charge in [-0.15, -0.1) is 0 Å². The van der Waals surface area contributed by atoms with Gasteiger partial charge in [0, 0.05) is 27.0 Å². The molecule has 0 aromatic heterocycles. The summed E-state index contributed by atoms with van der Waals surface area (Å²) in [5.41, 5.74) is 4.09. The SMILES string of the molecule is COc1ccc(C#N)cc1N/C(=C(\C(=N)C(=O)O)C(Nc1cc(Cl)ccc1C)c1ccc(Cl)cc1C)C(C)C. The van der Waals surface area contributed by atoms with E-state index < -0.39 is 17.7 Å². The van der Waals surface area contributed by atoms with Gasteiger partial charge in [-0.05, 0) is 78.9 Å². The highest BCUT2D eigenvalue weighted by molar-refractivity contribution is 6.41. The molecule has 0 radical (unpaired) electrons. The summed E-state index contributed by atoms with van der Waals surface area (Å²) in [5.74, 6) is -1.18. The fourth-order valence-corrected chi connectivity index (χ4v) is 4.67. The van der Waals surface area contributed by atoms with Crippen molar-refractivity contribution in [2.75, 3.05) is 17.7 Å². The highest BCUT2D eigenvalue weighted by atomic mass is 35.5. The monoisotopic (exact) mass is 564 g/mol. The number of hydrogen-bond donors (Lipinski definition) is 4. The van der Waals surface area contributed by atoms with Crippen LogP contribution in [0.2, 0.25) is 10.0 Å². The molecule has 0 spiro atoms. The minimum atomic E-state index is -1.39. The van der Waals surface area contributed by atoms with Gasteiger partial charge >= 0.3 is 5.97 Å². The van der Waals surface area contributed by atoms with Crippen LogP contribution >= 0.6 is 23.2 Å². The van der Waals surface area contributed by atoms with E-state index in [4.69, 9.17) is 33.3 Å². The lowest BCUT2D eigenvalue weighted by atomic mass is 9.87. The van der Waals surface area contributed by atoms with Crippen LogP contribution in [0.5, 0.6) is 5.75 Å². The molecule has 0 bridgehead atoms. The molecule has 0 saturated heterocycles. The number of nitrogens with one attached hydrogen (secondary N) is 3. The second-order valence-electron chi connectivity index (χ2n) is 9.35. The zero-order chi connectivity index (χ0) is 28.9. The summed E-state index contributed by atoms with van der Waals surface area (Å²) in [6.45, 7) is 7.59. The fourth-order valence-electron chi connectivity index (χ4n) is 4.27. The predicted octanol–water partition coefficient (Wildman–Crippen LogP) is 7.77. The molecule has 202 valence electrons. The zero-order valence-electron chi connectivity index (χ0n) is 22.3. The van der Waals surface area contributed by atoms with Crippen LogP contribution in [0.25, 0.3) is 0 Å². The van der Waals surface area contributed by atoms with E-state index in [1.165, 1.54) is 7.11 Å². The molecule has 0 amide bonds. The van der Waals surface area contributed by atoms with Crippen LogP contribution in [0.15, 0.2) is 65.9 Å². The van der Waals surface area contributed by atoms with E-state index in [1.54, 1.807) is 42.5 Å². The van der Waals surface area contributed by atoms with Crippen molar-refractivity contribution in [1.82, 2.24) is 0 Å². The van der Waals surface area contributed by atoms with E-state index in [0.717, 1.165) is 16.7 Å². The molecule has 0 aliphatic rings. The Labute approximate surface area is 238 Å². The van der Waals surface area contributed by atoms with Crippen molar-refractivity contribution in [3.05, 3.63) is 98.2 Å². The van der Waals surface area contributed by atoms with Crippen molar-refractivity contribution >= 4 is 46.3 Å². The molecule has 0 saturated carbocycles. The van der Waals surface area contributed by atoms with Crippen molar-refractivity contribution in [1.29, 1.82) is 10.7 Å². The number of nitriles is 1. The number of rotatable bonds is 10. The molecule has 0 aliphatic heterocycles. The Morgan fingerprint density at radius 3 is 2.26 bits per heavy atom. The first kappa shape index (κ1) is 29.6. The topological polar surface area (TPSA) is 118 Å². The summed E-state index contributed by atoms with van der Waals surface area (Å²) in [4.78, 5) is 12.4. The Kier molecular flexibility index (Phi) is 9.63. The van der Waals surface area contributed by atoms with E-state index in [0.29, 0.717) is 38.4 Å². The molecule has 0 heterocycles. The number of carboxylic acids is 1. The van der Waals surface area contributed by atoms with Crippen LogP contribution in [0.1, 0.15) is 42.1 Å². The van der Waals surface area contributed by atoms with E-state index in [-0.39, 0.29) is 11.5 Å². The maximum Gasteiger partial charge on any atom is 0.354 e. The first-order chi connectivity index (χ1) is 18.5. The van der Waals surface area contributed by atoms with Crippen molar-refractivity contribution in [3.63, 3.8) is 0 Å². The molecule has 39 heavy (non-hydrogen) atoms. The largest absolute Gasteiger partial charge is 0.495 e. The van der Waals surface area contributed by atoms with Gasteiger partial charge in [0.05, 0.1) is 30.5 Å². The van der Waals surface area contributed by atoms with Gasteiger partial charge in [-0.1, -0.05) is 49.2 Å². The standard InChI is InChI=1S/C30H30Cl2N4O3/c1-16(2)28(36-24-13-19(15-33)7-11-25(24)39-5)26(27(34)30(37)38)29(22-10-9-20(31)12-18(22)4)35-23-14-21(32)8-6-17(23)3/h6-14,16,29,34-36H,1-5H3,(H,37,38)/b28-26+,34-27?. The Hall–Kier alpha value is -3.99. The third kappa shape index (κ3) is 6.91. The summed E-state index contributed by atoms with van der Waals surface area (Å²) < 4.78 is 5.51. The van der Waals surface area contributed by atoms with Gasteiger partial charge in [0.25, 0.3) is 0 Å². The normalized spacial score (nSPS) is 12.3. The van der Waals surface area contributed by atoms with Crippen LogP contribution in [-0.2, 0) is 4.79 Å². The number of methoxy groups -OCH3 is 1. The Balaban J connectivity index is 2.37. The lowest BCUT2D eigenvalue weighted by Crippen LogP contribution is -2.29. The molecule has 3 aromatic rings. The molecule has 7 nitrogen and oxygen atoms in total. The number of aryl methyl sites for hydroxylation is 2. The highest BCUT2D eigenvalue weighted by Crippen LogP contribution is 2.37. The Bertz CT molecular complexity index is 1490. The van der Waals surface area contributed by atoms with Gasteiger partial charge in [-0.2, -0.15) is 5.26 Å². The predicted molar refractivity (Wildman–Crippen MR) is 157 cm³/mol. The number of halogens is 2. The Morgan fingerprint density at radius 1 is 1.00 bits per heavy atom. The second-order valence-corrected chi connectivity index (χ2v) is 10.2. The highest BCUT2D eigenvalue weighted by Gasteiger charge is 2.31. The quantitative estimate of drug-likeness (QED) is 0.187. The van der Waals surface area contributed by atoms with Gasteiger partial charge < -0.3 is 20.5 Å². The minimum Gasteiger partial charge on any atom is -0.495 e. The van der Waals surface area contributed by atoms with E-state index in [9.17, 15) is 15.2 Å². The van der Waals surface area contributed by atoms with E-state index in [2.05, 4.69) is 16.7 Å². The third-order valence-electron chi connectivity index (χ3n) is 6.28. The Morgan fingerprint density at radius 2 is 1.67 bits per heavy atom. The van der Waals surface area contributed by atoms with Crippen LogP contribution in [0, 0.1) is 36.5 Å². The number of nitrogens with zero attached hydrogens (tertiary/aromatic N) is 1. The number of hydrogen-bond acceptors (Lipinski definition) is 6. The van der Waals surface area contributed by atoms with Gasteiger partial charge in [0.1, 0.15) is 11.5 Å². The molecule has 1 atom stereocenters. The second kappa shape index (κ2) is 12.7. The van der Waals surface area contributed by atoms with E-state index in [1.807, 2.05) is 39.8 Å². The van der Waals surface area contributed by atoms with Crippen molar-refractivity contribution in [3.8, 4) is 11.8 Å². The molecule has 9 heteroatoms. The van der Waals surface area contributed by atoms with Crippen LogP contribution < -0.4 is 15.4 Å². The number of anilines is 2. The van der Waals surface area contributed by atoms with Crippen molar-refractivity contribution in [2.45, 2.75) is 33.7 Å². The molecule has 0 fully saturated rings. The van der Waals surface area contributed by atoms with Crippen molar-refractivity contribution in [2.24, 2.45) is 5.92 Å². The number of allylic oxidation sites excluding steroid dienone is 1. The summed E-state index contributed by atoms with van der Waals surface area (Å²) >= 11 is 12.6. The van der Waals surface area contributed by atoms with Crippen LogP contribution in [0.4, 0.5) is 11.4 Å². The molecule has 0 aliphatic carbocycles. The minimum absolute atomic E-state index is 0.215. The molecule has 1 unspecified atom stereocenters. The molecular weight excluding hydrogens is 535 g/mol. The number of benzene rings is 3. The fraction of sp³-hybridized carbons (Fsp3) is 0.233. The summed E-state index contributed by atoms with van der Waals surface area (Å²) in [6, 6.07) is 17.0. The number of aliphatic carboxylic acids is 1. The van der Waals surface area contributed by atoms with Crippen LogP contribution in [0.3, 0.4) is 0 Å². The van der Waals surface area contributed by atoms with E-state index >= 15 is 0 Å². The third-order valence-corrected chi connectivity index (χ3v) is 6.75. The summed E-state index contributed by atoms with van der Waals surface area (Å²) in [5, 5.41) is 36.1. The van der Waals surface area contributed by atoms with Crippen molar-refractivity contribution < 1.29 is 14.6 Å². The van der Waals surface area contributed by atoms with Gasteiger partial charge in [-0.3, -0.25) is 5.41 Å². The van der Waals surface area contributed by atoms with Gasteiger partial charge in [0.15, 0.2) is 0 Å². The summed E-state index contributed by atoms with van der Waals surface area (Å²) in [7, 11) is 1.51. The van der Waals surface area contributed by atoms with Gasteiger partial charge in [-0.25, -0.2) is 4.79 Å². The average molecular weight is 566 g/mol. The first-order valence-corrected chi connectivity index (χ1v) is 12.9. The lowest BCUT2D eigenvalue weighted by molar-refractivity contribution is -0.129. The maximum absolute atomic E-state index is 12.4. The van der Waals surface area contributed by atoms with Gasteiger partial charge in [0.2, 0.25) is 0 Å². The first-order valence-electron chi connectivity index (χ1n) is 12.2.